The molecule has 0 spiro atoms. The Morgan fingerprint density at radius 1 is 1.24 bits per heavy atom. The summed E-state index contributed by atoms with van der Waals surface area (Å²) in [5.41, 5.74) is 0.466. The van der Waals surface area contributed by atoms with E-state index in [1.807, 2.05) is 0 Å². The summed E-state index contributed by atoms with van der Waals surface area (Å²) in [6.07, 6.45) is 7.90. The van der Waals surface area contributed by atoms with E-state index in [1.165, 1.54) is 32.1 Å². The Morgan fingerprint density at radius 2 is 2.00 bits per heavy atom. The second-order valence-electron chi connectivity index (χ2n) is 8.06. The molecule has 2 rings (SSSR count). The fourth-order valence-corrected chi connectivity index (χ4v) is 3.35. The number of ether oxygens (including phenoxy) is 2. The van der Waals surface area contributed by atoms with E-state index in [2.05, 4.69) is 33.0 Å². The molecular weight excluding hydrogens is 262 g/mol. The molecule has 1 saturated heterocycles. The van der Waals surface area contributed by atoms with Crippen LogP contribution < -0.4 is 5.32 Å². The van der Waals surface area contributed by atoms with Crippen molar-refractivity contribution in [3.8, 4) is 0 Å². The van der Waals surface area contributed by atoms with Crippen LogP contribution in [0.1, 0.15) is 66.2 Å². The van der Waals surface area contributed by atoms with Crippen molar-refractivity contribution in [2.24, 2.45) is 11.3 Å². The van der Waals surface area contributed by atoms with Crippen LogP contribution >= 0.6 is 0 Å². The van der Waals surface area contributed by atoms with Crippen LogP contribution in [0.15, 0.2) is 0 Å². The Morgan fingerprint density at radius 3 is 2.62 bits per heavy atom. The van der Waals surface area contributed by atoms with Crippen LogP contribution in [0, 0.1) is 11.3 Å². The highest BCUT2D eigenvalue weighted by Gasteiger charge is 2.50. The minimum atomic E-state index is 0.173. The molecule has 21 heavy (non-hydrogen) atoms. The summed E-state index contributed by atoms with van der Waals surface area (Å²) < 4.78 is 12.0. The first-order valence-corrected chi connectivity index (χ1v) is 8.91. The first kappa shape index (κ1) is 17.2. The summed E-state index contributed by atoms with van der Waals surface area (Å²) >= 11 is 0. The number of hydrogen-bond acceptors (Lipinski definition) is 3. The van der Waals surface area contributed by atoms with Gasteiger partial charge in [0.1, 0.15) is 0 Å². The van der Waals surface area contributed by atoms with Gasteiger partial charge in [0.2, 0.25) is 0 Å². The quantitative estimate of drug-likeness (QED) is 0.657. The van der Waals surface area contributed by atoms with Crippen molar-refractivity contribution in [1.82, 2.24) is 5.32 Å². The summed E-state index contributed by atoms with van der Waals surface area (Å²) in [5, 5.41) is 3.73. The lowest BCUT2D eigenvalue weighted by Crippen LogP contribution is -2.48. The van der Waals surface area contributed by atoms with Crippen molar-refractivity contribution in [1.29, 1.82) is 0 Å². The van der Waals surface area contributed by atoms with Gasteiger partial charge in [-0.25, -0.2) is 0 Å². The second kappa shape index (κ2) is 7.43. The molecule has 1 aliphatic carbocycles. The van der Waals surface area contributed by atoms with Crippen LogP contribution in [0.2, 0.25) is 0 Å². The second-order valence-corrected chi connectivity index (χ2v) is 8.06. The maximum atomic E-state index is 6.14. The van der Waals surface area contributed by atoms with Gasteiger partial charge in [0.05, 0.1) is 6.10 Å². The summed E-state index contributed by atoms with van der Waals surface area (Å²) in [4.78, 5) is 0. The fourth-order valence-electron chi connectivity index (χ4n) is 3.35. The third kappa shape index (κ3) is 5.22. The first-order valence-electron chi connectivity index (χ1n) is 8.91. The summed E-state index contributed by atoms with van der Waals surface area (Å²) in [7, 11) is 0. The van der Waals surface area contributed by atoms with Crippen molar-refractivity contribution < 1.29 is 9.47 Å². The van der Waals surface area contributed by atoms with E-state index in [4.69, 9.17) is 9.47 Å². The Hall–Kier alpha value is -0.120. The molecule has 2 unspecified atom stereocenters. The molecule has 0 aromatic rings. The molecular formula is C18H35NO2. The molecule has 1 aliphatic heterocycles. The van der Waals surface area contributed by atoms with Crippen molar-refractivity contribution in [2.45, 2.75) is 77.9 Å². The zero-order valence-electron chi connectivity index (χ0n) is 14.5. The lowest BCUT2D eigenvalue weighted by Gasteiger charge is -2.37. The van der Waals surface area contributed by atoms with Crippen molar-refractivity contribution >= 4 is 0 Å². The largest absolute Gasteiger partial charge is 0.381 e. The third-order valence-corrected chi connectivity index (χ3v) is 4.91. The molecule has 1 saturated carbocycles. The zero-order chi connectivity index (χ0) is 15.3. The predicted molar refractivity (Wildman–Crippen MR) is 87.6 cm³/mol. The standard InChI is InChI=1S/C18H35NO2/c1-5-6-11-20-12-9-18(14-19-17(2,3)4)10-13-21-16(18)15-7-8-15/h15-16,19H,5-14H2,1-4H3. The van der Waals surface area contributed by atoms with Gasteiger partial charge in [-0.1, -0.05) is 13.3 Å². The molecule has 3 nitrogen and oxygen atoms in total. The van der Waals surface area contributed by atoms with E-state index in [0.717, 1.165) is 38.7 Å². The highest BCUT2D eigenvalue weighted by molar-refractivity contribution is 5.01. The van der Waals surface area contributed by atoms with Gasteiger partial charge in [0.25, 0.3) is 0 Å². The molecule has 0 aromatic heterocycles. The molecule has 0 radical (unpaired) electrons. The first-order chi connectivity index (χ1) is 9.97. The molecule has 3 heteroatoms. The highest BCUT2D eigenvalue weighted by Crippen LogP contribution is 2.49. The lowest BCUT2D eigenvalue weighted by molar-refractivity contribution is 0.00579. The average Bonchev–Trinajstić information content (AvgIpc) is 3.17. The fraction of sp³-hybridized carbons (Fsp3) is 1.00. The Labute approximate surface area is 131 Å². The summed E-state index contributed by atoms with van der Waals surface area (Å²) in [6.45, 7) is 12.8. The molecule has 0 bridgehead atoms. The lowest BCUT2D eigenvalue weighted by atomic mass is 9.75. The SMILES string of the molecule is CCCCOCCC1(CNC(C)(C)C)CCOC1C1CC1. The van der Waals surface area contributed by atoms with Crippen LogP contribution in [-0.2, 0) is 9.47 Å². The van der Waals surface area contributed by atoms with Gasteiger partial charge in [0, 0.05) is 37.3 Å². The van der Waals surface area contributed by atoms with Gasteiger partial charge in [-0.05, 0) is 58.8 Å². The molecule has 1 heterocycles. The monoisotopic (exact) mass is 297 g/mol. The molecule has 2 fully saturated rings. The summed E-state index contributed by atoms with van der Waals surface area (Å²) in [6, 6.07) is 0. The van der Waals surface area contributed by atoms with Crippen LogP contribution in [-0.4, -0.2) is 38.0 Å². The number of hydrogen-bond donors (Lipinski definition) is 1. The van der Waals surface area contributed by atoms with Gasteiger partial charge in [-0.3, -0.25) is 0 Å². The van der Waals surface area contributed by atoms with Gasteiger partial charge in [-0.15, -0.1) is 0 Å². The van der Waals surface area contributed by atoms with E-state index in [1.54, 1.807) is 0 Å². The molecule has 2 aliphatic rings. The normalized spacial score (nSPS) is 30.0. The minimum Gasteiger partial charge on any atom is -0.381 e. The van der Waals surface area contributed by atoms with Crippen LogP contribution in [0.4, 0.5) is 0 Å². The molecule has 1 N–H and O–H groups in total. The molecule has 124 valence electrons. The van der Waals surface area contributed by atoms with Crippen molar-refractivity contribution in [3.05, 3.63) is 0 Å². The third-order valence-electron chi connectivity index (χ3n) is 4.91. The molecule has 2 atom stereocenters. The number of nitrogens with one attached hydrogen (secondary N) is 1. The van der Waals surface area contributed by atoms with Crippen LogP contribution in [0.5, 0.6) is 0 Å². The van der Waals surface area contributed by atoms with Gasteiger partial charge in [-0.2, -0.15) is 0 Å². The number of rotatable bonds is 9. The Kier molecular flexibility index (Phi) is 6.10. The van der Waals surface area contributed by atoms with Crippen LogP contribution in [0.25, 0.3) is 0 Å². The van der Waals surface area contributed by atoms with Crippen molar-refractivity contribution in [3.63, 3.8) is 0 Å². The van der Waals surface area contributed by atoms with E-state index in [-0.39, 0.29) is 5.54 Å². The maximum absolute atomic E-state index is 6.14. The van der Waals surface area contributed by atoms with Gasteiger partial charge in [0.15, 0.2) is 0 Å². The smallest absolute Gasteiger partial charge is 0.0673 e. The number of unbranched alkanes of at least 4 members (excludes halogenated alkanes) is 1. The topological polar surface area (TPSA) is 30.5 Å². The van der Waals surface area contributed by atoms with E-state index in [9.17, 15) is 0 Å². The molecule has 0 amide bonds. The van der Waals surface area contributed by atoms with Crippen molar-refractivity contribution in [2.75, 3.05) is 26.4 Å². The van der Waals surface area contributed by atoms with E-state index >= 15 is 0 Å². The zero-order valence-corrected chi connectivity index (χ0v) is 14.5. The average molecular weight is 297 g/mol. The van der Waals surface area contributed by atoms with E-state index < -0.39 is 0 Å². The Balaban J connectivity index is 1.89. The predicted octanol–water partition coefficient (Wildman–Crippen LogP) is 3.77. The van der Waals surface area contributed by atoms with Gasteiger partial charge >= 0.3 is 0 Å². The molecule has 0 aromatic carbocycles. The highest BCUT2D eigenvalue weighted by atomic mass is 16.5. The minimum absolute atomic E-state index is 0.173. The van der Waals surface area contributed by atoms with E-state index in [0.29, 0.717) is 11.5 Å². The summed E-state index contributed by atoms with van der Waals surface area (Å²) in [5.74, 6) is 0.810. The Bertz CT molecular complexity index is 309. The van der Waals surface area contributed by atoms with Gasteiger partial charge < -0.3 is 14.8 Å². The van der Waals surface area contributed by atoms with Crippen LogP contribution in [0.3, 0.4) is 0 Å². The maximum Gasteiger partial charge on any atom is 0.0673 e.